The zero-order chi connectivity index (χ0) is 30.5. The molecule has 1 fully saturated rings. The molecular weight excluding hydrogens is 555 g/mol. The first-order chi connectivity index (χ1) is 20.5. The number of likely N-dealkylation sites (tertiary alicyclic amines) is 1. The number of aryl methyl sites for hydroxylation is 1. The lowest BCUT2D eigenvalue weighted by atomic mass is 10.0. The Labute approximate surface area is 249 Å². The zero-order valence-electron chi connectivity index (χ0n) is 25.0. The first-order valence-electron chi connectivity index (χ1n) is 14.9. The predicted octanol–water partition coefficient (Wildman–Crippen LogP) is 4.66. The summed E-state index contributed by atoms with van der Waals surface area (Å²) in [4.78, 5) is 46.9. The van der Waals surface area contributed by atoms with E-state index in [0.717, 1.165) is 25.1 Å². The minimum atomic E-state index is -1.05. The maximum absolute atomic E-state index is 15.6. The van der Waals surface area contributed by atoms with Gasteiger partial charge in [-0.15, -0.1) is 0 Å². The van der Waals surface area contributed by atoms with Gasteiger partial charge in [-0.3, -0.25) is 9.48 Å². The molecule has 2 amide bonds. The van der Waals surface area contributed by atoms with Crippen molar-refractivity contribution in [2.24, 2.45) is 0 Å². The van der Waals surface area contributed by atoms with Crippen LogP contribution in [0.15, 0.2) is 30.9 Å². The molecule has 0 aliphatic carbocycles. The van der Waals surface area contributed by atoms with Crippen LogP contribution in [-0.2, 0) is 33.8 Å². The number of aromatic nitrogens is 4. The molecular formula is C31H37FN6O5. The topological polar surface area (TPSA) is 112 Å². The van der Waals surface area contributed by atoms with Crippen molar-refractivity contribution in [3.8, 4) is 11.1 Å². The Balaban J connectivity index is 1.21. The molecule has 12 heteroatoms. The summed E-state index contributed by atoms with van der Waals surface area (Å²) < 4.78 is 30.3. The van der Waals surface area contributed by atoms with E-state index in [4.69, 9.17) is 9.47 Å². The number of hydrogen-bond acceptors (Lipinski definition) is 7. The number of imidazole rings is 1. The smallest absolute Gasteiger partial charge is 0.410 e. The number of fused-ring (bicyclic) bond motifs is 2. The maximum atomic E-state index is 15.6. The SMILES string of the molecule is CCOC(=O)C(c1ncn2c1CCC2)N1Cc2c(F)cc(-c3cnn(C4CCN(C(=O)OC(C)(C)C)CC4)c3)cc2C1=O. The number of hydrogen-bond donors (Lipinski definition) is 0. The number of esters is 1. The Morgan fingerprint density at radius 3 is 2.63 bits per heavy atom. The molecule has 3 aliphatic rings. The van der Waals surface area contributed by atoms with Crippen LogP contribution in [-0.4, -0.2) is 72.4 Å². The lowest BCUT2D eigenvalue weighted by molar-refractivity contribution is -0.149. The van der Waals surface area contributed by atoms with Crippen molar-refractivity contribution in [1.82, 2.24) is 29.1 Å². The number of ether oxygens (including phenoxy) is 2. The Hall–Kier alpha value is -4.22. The van der Waals surface area contributed by atoms with Crippen LogP contribution in [0.5, 0.6) is 0 Å². The Bertz CT molecular complexity index is 1560. The summed E-state index contributed by atoms with van der Waals surface area (Å²) in [5, 5.41) is 4.53. The average molecular weight is 593 g/mol. The molecule has 6 rings (SSSR count). The number of rotatable bonds is 6. The quantitative estimate of drug-likeness (QED) is 0.383. The number of halogens is 1. The van der Waals surface area contributed by atoms with Gasteiger partial charge in [-0.1, -0.05) is 0 Å². The highest BCUT2D eigenvalue weighted by molar-refractivity contribution is 6.01. The van der Waals surface area contributed by atoms with Crippen LogP contribution in [0.3, 0.4) is 0 Å². The standard InChI is InChI=1S/C31H37FN6O5/c1-5-42-29(40)27(26-25-7-6-10-36(25)18-33-26)37-17-23-22(28(37)39)13-19(14-24(23)32)20-15-34-38(16-20)21-8-11-35(12-9-21)30(41)43-31(2,3)4/h13-16,18,21,27H,5-12,17H2,1-4H3. The van der Waals surface area contributed by atoms with Crippen LogP contribution in [0, 0.1) is 5.82 Å². The lowest BCUT2D eigenvalue weighted by Crippen LogP contribution is -2.42. The molecule has 0 saturated carbocycles. The third kappa shape index (κ3) is 5.50. The molecule has 3 aromatic rings. The summed E-state index contributed by atoms with van der Waals surface area (Å²) in [5.74, 6) is -1.52. The Morgan fingerprint density at radius 1 is 1.14 bits per heavy atom. The highest BCUT2D eigenvalue weighted by atomic mass is 19.1. The van der Waals surface area contributed by atoms with Gasteiger partial charge >= 0.3 is 12.1 Å². The van der Waals surface area contributed by atoms with Gasteiger partial charge in [0.1, 0.15) is 11.4 Å². The number of benzene rings is 1. The van der Waals surface area contributed by atoms with Gasteiger partial charge in [0.25, 0.3) is 5.91 Å². The first-order valence-corrected chi connectivity index (χ1v) is 14.9. The molecule has 11 nitrogen and oxygen atoms in total. The van der Waals surface area contributed by atoms with Gasteiger partial charge in [0.05, 0.1) is 37.4 Å². The monoisotopic (exact) mass is 592 g/mol. The van der Waals surface area contributed by atoms with Gasteiger partial charge in [0.15, 0.2) is 6.04 Å². The van der Waals surface area contributed by atoms with E-state index in [1.165, 1.54) is 11.0 Å². The van der Waals surface area contributed by atoms with Gasteiger partial charge in [0, 0.05) is 48.2 Å². The van der Waals surface area contributed by atoms with Crippen LogP contribution < -0.4 is 0 Å². The second-order valence-corrected chi connectivity index (χ2v) is 12.4. The average Bonchev–Trinajstić information content (AvgIpc) is 3.75. The number of amides is 2. The molecule has 228 valence electrons. The highest BCUT2D eigenvalue weighted by Gasteiger charge is 2.42. The van der Waals surface area contributed by atoms with Crippen molar-refractivity contribution in [3.63, 3.8) is 0 Å². The molecule has 0 N–H and O–H groups in total. The first kappa shape index (κ1) is 28.9. The third-order valence-electron chi connectivity index (χ3n) is 8.31. The Morgan fingerprint density at radius 2 is 1.91 bits per heavy atom. The summed E-state index contributed by atoms with van der Waals surface area (Å²) in [5.41, 5.74) is 2.53. The van der Waals surface area contributed by atoms with Gasteiger partial charge in [-0.25, -0.2) is 19.0 Å². The van der Waals surface area contributed by atoms with Crippen molar-refractivity contribution in [3.05, 3.63) is 59.2 Å². The van der Waals surface area contributed by atoms with Crippen molar-refractivity contribution in [2.75, 3.05) is 19.7 Å². The molecule has 1 unspecified atom stereocenters. The van der Waals surface area contributed by atoms with Crippen LogP contribution >= 0.6 is 0 Å². The Kier molecular flexibility index (Phi) is 7.47. The molecule has 1 saturated heterocycles. The van der Waals surface area contributed by atoms with Crippen LogP contribution in [0.1, 0.15) is 86.4 Å². The number of carbonyl (C=O) groups excluding carboxylic acids is 3. The molecule has 2 aromatic heterocycles. The second kappa shape index (κ2) is 11.1. The van der Waals surface area contributed by atoms with Gasteiger partial charge in [0.2, 0.25) is 0 Å². The van der Waals surface area contributed by atoms with E-state index in [-0.39, 0.29) is 36.4 Å². The minimum Gasteiger partial charge on any atom is -0.464 e. The van der Waals surface area contributed by atoms with Gasteiger partial charge in [-0.05, 0) is 71.1 Å². The fourth-order valence-electron chi connectivity index (χ4n) is 6.23. The lowest BCUT2D eigenvalue weighted by Gasteiger charge is -2.33. The molecule has 5 heterocycles. The van der Waals surface area contributed by atoms with E-state index in [0.29, 0.717) is 42.8 Å². The van der Waals surface area contributed by atoms with Crippen LogP contribution in [0.2, 0.25) is 0 Å². The number of carbonyl (C=O) groups is 3. The fraction of sp³-hybridized carbons (Fsp3) is 0.516. The summed E-state index contributed by atoms with van der Waals surface area (Å²) in [7, 11) is 0. The van der Waals surface area contributed by atoms with Crippen molar-refractivity contribution in [1.29, 1.82) is 0 Å². The van der Waals surface area contributed by atoms with Crippen LogP contribution in [0.4, 0.5) is 9.18 Å². The predicted molar refractivity (Wildman–Crippen MR) is 153 cm³/mol. The van der Waals surface area contributed by atoms with Crippen molar-refractivity contribution in [2.45, 2.75) is 84.2 Å². The van der Waals surface area contributed by atoms with Gasteiger partial charge in [-0.2, -0.15) is 5.10 Å². The van der Waals surface area contributed by atoms with E-state index >= 15 is 4.39 Å². The van der Waals surface area contributed by atoms with E-state index in [1.807, 2.05) is 36.2 Å². The molecule has 3 aliphatic heterocycles. The molecule has 0 spiro atoms. The molecule has 43 heavy (non-hydrogen) atoms. The molecule has 0 bridgehead atoms. The van der Waals surface area contributed by atoms with E-state index in [9.17, 15) is 14.4 Å². The largest absolute Gasteiger partial charge is 0.464 e. The second-order valence-electron chi connectivity index (χ2n) is 12.4. The fourth-order valence-corrected chi connectivity index (χ4v) is 6.23. The summed E-state index contributed by atoms with van der Waals surface area (Å²) in [6, 6.07) is 2.11. The normalized spacial score (nSPS) is 17.7. The number of piperidine rings is 1. The number of nitrogens with zero attached hydrogens (tertiary/aromatic N) is 6. The van der Waals surface area contributed by atoms with Crippen molar-refractivity contribution < 1.29 is 28.2 Å². The third-order valence-corrected chi connectivity index (χ3v) is 8.31. The van der Waals surface area contributed by atoms with E-state index < -0.39 is 29.3 Å². The highest BCUT2D eigenvalue weighted by Crippen LogP contribution is 2.38. The summed E-state index contributed by atoms with van der Waals surface area (Å²) in [6.07, 6.45) is 7.98. The minimum absolute atomic E-state index is 0.0501. The maximum Gasteiger partial charge on any atom is 0.410 e. The summed E-state index contributed by atoms with van der Waals surface area (Å²) in [6.45, 7) is 9.26. The van der Waals surface area contributed by atoms with Crippen molar-refractivity contribution >= 4 is 18.0 Å². The zero-order valence-corrected chi connectivity index (χ0v) is 25.0. The molecule has 1 atom stereocenters. The summed E-state index contributed by atoms with van der Waals surface area (Å²) >= 11 is 0. The molecule has 0 radical (unpaired) electrons. The van der Waals surface area contributed by atoms with Gasteiger partial charge < -0.3 is 23.8 Å². The van der Waals surface area contributed by atoms with E-state index in [2.05, 4.69) is 10.1 Å². The molecule has 1 aromatic carbocycles. The van der Waals surface area contributed by atoms with Crippen LogP contribution in [0.25, 0.3) is 11.1 Å². The van der Waals surface area contributed by atoms with E-state index in [1.54, 1.807) is 30.4 Å².